The summed E-state index contributed by atoms with van der Waals surface area (Å²) >= 11 is 13.2. The number of ether oxygens (including phenoxy) is 1. The molecule has 0 atom stereocenters. The van der Waals surface area contributed by atoms with Crippen molar-refractivity contribution in [1.82, 2.24) is 9.66 Å². The van der Waals surface area contributed by atoms with Gasteiger partial charge in [0.2, 0.25) is 0 Å². The van der Waals surface area contributed by atoms with Gasteiger partial charge in [-0.1, -0.05) is 41.9 Å². The molecule has 9 heteroatoms. The number of nitrogens with one attached hydrogen (secondary N) is 1. The Kier molecular flexibility index (Phi) is 6.41. The maximum atomic E-state index is 12.6. The first kappa shape index (κ1) is 21.5. The van der Waals surface area contributed by atoms with Gasteiger partial charge in [0.25, 0.3) is 5.56 Å². The van der Waals surface area contributed by atoms with Gasteiger partial charge in [0, 0.05) is 10.6 Å². The molecule has 0 saturated carbocycles. The second kappa shape index (κ2) is 9.21. The summed E-state index contributed by atoms with van der Waals surface area (Å²) in [5, 5.41) is 5.09. The molecule has 0 aliphatic carbocycles. The van der Waals surface area contributed by atoms with Crippen molar-refractivity contribution in [2.45, 2.75) is 6.61 Å². The lowest BCUT2D eigenvalue weighted by Gasteiger charge is -2.12. The van der Waals surface area contributed by atoms with Crippen LogP contribution in [0.3, 0.4) is 0 Å². The third kappa shape index (κ3) is 4.66. The van der Waals surface area contributed by atoms with E-state index in [4.69, 9.17) is 16.3 Å². The van der Waals surface area contributed by atoms with Crippen LogP contribution in [-0.2, 0) is 6.61 Å². The molecular formula is C22H14Br2ClN3O3. The summed E-state index contributed by atoms with van der Waals surface area (Å²) in [6.07, 6.45) is 1.43. The van der Waals surface area contributed by atoms with Crippen LogP contribution < -0.4 is 16.0 Å². The van der Waals surface area contributed by atoms with E-state index in [0.29, 0.717) is 42.8 Å². The molecule has 0 amide bonds. The Hall–Kier alpha value is -2.68. The van der Waals surface area contributed by atoms with E-state index in [-0.39, 0.29) is 0 Å². The molecule has 4 aromatic rings. The average Bonchev–Trinajstić information content (AvgIpc) is 2.74. The Balaban J connectivity index is 1.61. The normalized spacial score (nSPS) is 11.3. The third-order valence-corrected chi connectivity index (χ3v) is 6.00. The Bertz CT molecular complexity index is 1410. The van der Waals surface area contributed by atoms with E-state index in [0.717, 1.165) is 10.2 Å². The minimum Gasteiger partial charge on any atom is -0.486 e. The number of fused-ring (bicyclic) bond motifs is 1. The summed E-state index contributed by atoms with van der Waals surface area (Å²) in [4.78, 5) is 27.5. The first-order valence-electron chi connectivity index (χ1n) is 9.08. The zero-order valence-corrected chi connectivity index (χ0v) is 19.7. The first-order valence-corrected chi connectivity index (χ1v) is 11.0. The predicted octanol–water partition coefficient (Wildman–Crippen LogP) is 5.33. The van der Waals surface area contributed by atoms with Crippen LogP contribution in [0.4, 0.5) is 0 Å². The van der Waals surface area contributed by atoms with E-state index in [9.17, 15) is 9.59 Å². The fraction of sp³-hybridized carbons (Fsp3) is 0.0455. The lowest BCUT2D eigenvalue weighted by atomic mass is 10.2. The molecule has 4 rings (SSSR count). The topological polar surface area (TPSA) is 76.5 Å². The molecule has 0 bridgehead atoms. The number of aromatic nitrogens is 2. The fourth-order valence-electron chi connectivity index (χ4n) is 2.94. The second-order valence-electron chi connectivity index (χ2n) is 6.53. The second-order valence-corrected chi connectivity index (χ2v) is 8.65. The maximum Gasteiger partial charge on any atom is 0.349 e. The van der Waals surface area contributed by atoms with E-state index in [2.05, 4.69) is 41.9 Å². The molecular weight excluding hydrogens is 550 g/mol. The lowest BCUT2D eigenvalue weighted by molar-refractivity contribution is 0.302. The van der Waals surface area contributed by atoms with Gasteiger partial charge in [-0.15, -0.1) is 4.68 Å². The average molecular weight is 564 g/mol. The van der Waals surface area contributed by atoms with Gasteiger partial charge in [-0.3, -0.25) is 4.79 Å². The summed E-state index contributed by atoms with van der Waals surface area (Å²) in [7, 11) is 0. The number of nitrogens with zero attached hydrogens (tertiary/aromatic N) is 2. The summed E-state index contributed by atoms with van der Waals surface area (Å²) in [6.45, 7) is 0.298. The first-order chi connectivity index (χ1) is 14.9. The van der Waals surface area contributed by atoms with E-state index in [1.54, 1.807) is 42.5 Å². The van der Waals surface area contributed by atoms with Crippen LogP contribution in [0.1, 0.15) is 11.1 Å². The Labute approximate surface area is 198 Å². The molecule has 0 unspecified atom stereocenters. The minimum absolute atomic E-state index is 0.298. The Morgan fingerprint density at radius 2 is 1.71 bits per heavy atom. The molecule has 1 N–H and O–H groups in total. The Morgan fingerprint density at radius 1 is 1.03 bits per heavy atom. The largest absolute Gasteiger partial charge is 0.486 e. The zero-order valence-electron chi connectivity index (χ0n) is 15.8. The molecule has 0 fully saturated rings. The number of hydrogen-bond donors (Lipinski definition) is 1. The van der Waals surface area contributed by atoms with Crippen LogP contribution in [0.2, 0.25) is 5.02 Å². The summed E-state index contributed by atoms with van der Waals surface area (Å²) in [6, 6.07) is 17.8. The van der Waals surface area contributed by atoms with E-state index in [1.165, 1.54) is 6.21 Å². The van der Waals surface area contributed by atoms with Crippen molar-refractivity contribution in [3.05, 3.63) is 107 Å². The van der Waals surface area contributed by atoms with Crippen LogP contribution in [0.5, 0.6) is 5.75 Å². The number of H-pyrrole nitrogens is 1. The number of halogens is 3. The Morgan fingerprint density at radius 3 is 2.45 bits per heavy atom. The van der Waals surface area contributed by atoms with Crippen molar-refractivity contribution in [3.63, 3.8) is 0 Å². The van der Waals surface area contributed by atoms with Crippen LogP contribution in [0.25, 0.3) is 10.9 Å². The van der Waals surface area contributed by atoms with Crippen LogP contribution in [0, 0.1) is 0 Å². The van der Waals surface area contributed by atoms with Gasteiger partial charge in [-0.05, 0) is 67.8 Å². The van der Waals surface area contributed by atoms with E-state index >= 15 is 0 Å². The van der Waals surface area contributed by atoms with Crippen LogP contribution >= 0.6 is 43.5 Å². The summed E-state index contributed by atoms with van der Waals surface area (Å²) in [5.74, 6) is 0.595. The molecule has 1 heterocycles. The fourth-order valence-corrected chi connectivity index (χ4v) is 4.58. The molecule has 0 aliphatic rings. The van der Waals surface area contributed by atoms with Gasteiger partial charge in [0.05, 0.1) is 26.1 Å². The smallest absolute Gasteiger partial charge is 0.349 e. The van der Waals surface area contributed by atoms with Crippen molar-refractivity contribution in [2.75, 3.05) is 0 Å². The zero-order chi connectivity index (χ0) is 22.0. The van der Waals surface area contributed by atoms with Crippen molar-refractivity contribution in [1.29, 1.82) is 0 Å². The van der Waals surface area contributed by atoms with Gasteiger partial charge >= 0.3 is 5.69 Å². The number of para-hydroxylation sites is 1. The van der Waals surface area contributed by atoms with E-state index in [1.807, 2.05) is 18.2 Å². The summed E-state index contributed by atoms with van der Waals surface area (Å²) < 4.78 is 8.06. The van der Waals surface area contributed by atoms with Gasteiger partial charge in [-0.2, -0.15) is 5.10 Å². The number of hydrogen-bond acceptors (Lipinski definition) is 4. The van der Waals surface area contributed by atoms with Crippen molar-refractivity contribution >= 4 is 60.6 Å². The van der Waals surface area contributed by atoms with Crippen molar-refractivity contribution in [2.24, 2.45) is 5.10 Å². The monoisotopic (exact) mass is 561 g/mol. The molecule has 1 aromatic heterocycles. The molecule has 0 saturated heterocycles. The maximum absolute atomic E-state index is 12.6. The van der Waals surface area contributed by atoms with Gasteiger partial charge in [0.15, 0.2) is 0 Å². The quantitative estimate of drug-likeness (QED) is 0.334. The van der Waals surface area contributed by atoms with Crippen molar-refractivity contribution < 1.29 is 4.74 Å². The van der Waals surface area contributed by atoms with Crippen LogP contribution in [0.15, 0.2) is 84.3 Å². The van der Waals surface area contributed by atoms with Gasteiger partial charge < -0.3 is 9.72 Å². The number of benzene rings is 3. The lowest BCUT2D eigenvalue weighted by Crippen LogP contribution is -2.32. The molecule has 156 valence electrons. The predicted molar refractivity (Wildman–Crippen MR) is 129 cm³/mol. The van der Waals surface area contributed by atoms with Gasteiger partial charge in [0.1, 0.15) is 12.4 Å². The standard InChI is InChI=1S/C22H14Br2ClN3O3/c23-16-9-13(10-17(24)20(16)31-12-14-5-1-3-7-18(14)25)11-26-28-21(29)15-6-2-4-8-19(15)27-22(28)30/h1-11H,12H2,(H,27,30). The molecule has 31 heavy (non-hydrogen) atoms. The molecule has 0 aliphatic heterocycles. The highest BCUT2D eigenvalue weighted by Gasteiger charge is 2.11. The highest BCUT2D eigenvalue weighted by Crippen LogP contribution is 2.35. The highest BCUT2D eigenvalue weighted by atomic mass is 79.9. The molecule has 0 radical (unpaired) electrons. The van der Waals surface area contributed by atoms with Crippen LogP contribution in [-0.4, -0.2) is 15.9 Å². The SMILES string of the molecule is O=c1[nH]c2ccccc2c(=O)n1N=Cc1cc(Br)c(OCc2ccccc2Cl)c(Br)c1. The summed E-state index contributed by atoms with van der Waals surface area (Å²) in [5.41, 5.74) is 0.882. The molecule has 3 aromatic carbocycles. The van der Waals surface area contributed by atoms with E-state index < -0.39 is 11.2 Å². The third-order valence-electron chi connectivity index (χ3n) is 4.46. The minimum atomic E-state index is -0.613. The van der Waals surface area contributed by atoms with Crippen molar-refractivity contribution in [3.8, 4) is 5.75 Å². The highest BCUT2D eigenvalue weighted by molar-refractivity contribution is 9.11. The number of rotatable bonds is 5. The number of aromatic amines is 1. The molecule has 6 nitrogen and oxygen atoms in total. The molecule has 0 spiro atoms. The van der Waals surface area contributed by atoms with Gasteiger partial charge in [-0.25, -0.2) is 4.79 Å².